The van der Waals surface area contributed by atoms with Gasteiger partial charge in [-0.05, 0) is 55.0 Å². The molecule has 5 rings (SSSR count). The summed E-state index contributed by atoms with van der Waals surface area (Å²) >= 11 is 6.23. The molecule has 0 aliphatic carbocycles. The van der Waals surface area contributed by atoms with Gasteiger partial charge < -0.3 is 10.1 Å². The third-order valence-electron chi connectivity index (χ3n) is 5.79. The van der Waals surface area contributed by atoms with Crippen molar-refractivity contribution in [2.24, 2.45) is 0 Å². The normalized spacial score (nSPS) is 15.0. The average Bonchev–Trinajstić information content (AvgIpc) is 2.85. The van der Waals surface area contributed by atoms with E-state index in [1.807, 2.05) is 104 Å². The number of carbonyl (C=O) groups is 1. The van der Waals surface area contributed by atoms with Crippen molar-refractivity contribution in [2.75, 3.05) is 10.2 Å². The number of benzene rings is 4. The van der Waals surface area contributed by atoms with E-state index in [0.717, 1.165) is 33.8 Å². The summed E-state index contributed by atoms with van der Waals surface area (Å²) in [5.74, 6) is 0.709. The van der Waals surface area contributed by atoms with Crippen molar-refractivity contribution in [3.63, 3.8) is 0 Å². The Kier molecular flexibility index (Phi) is 5.76. The Morgan fingerprint density at radius 1 is 0.879 bits per heavy atom. The van der Waals surface area contributed by atoms with Gasteiger partial charge in [-0.2, -0.15) is 0 Å². The molecular weight excluding hydrogens is 432 g/mol. The maximum atomic E-state index is 13.5. The number of anilines is 2. The van der Waals surface area contributed by atoms with Crippen LogP contribution in [0.15, 0.2) is 97.1 Å². The molecule has 0 saturated carbocycles. The lowest BCUT2D eigenvalue weighted by molar-refractivity contribution is 0.0975. The van der Waals surface area contributed by atoms with Crippen LogP contribution in [0.25, 0.3) is 0 Å². The fourth-order valence-corrected chi connectivity index (χ4v) is 4.17. The summed E-state index contributed by atoms with van der Waals surface area (Å²) in [4.78, 5) is 15.3. The van der Waals surface area contributed by atoms with Crippen molar-refractivity contribution >= 4 is 28.9 Å². The number of halogens is 1. The molecule has 164 valence electrons. The standard InChI is InChI=1S/C28H23ClN2O2/c1-19-10-14-22(15-11-19)31-27(30-26-9-5-3-7-24(26)28(31)32)20-12-16-23(17-13-20)33-18-21-6-2-4-8-25(21)29/h2-17,27,30H,18H2,1H3/t27-/m1/s1. The molecule has 1 N–H and O–H groups in total. The molecule has 0 unspecified atom stereocenters. The summed E-state index contributed by atoms with van der Waals surface area (Å²) in [6, 6.07) is 31.1. The first-order valence-electron chi connectivity index (χ1n) is 10.8. The van der Waals surface area contributed by atoms with Crippen LogP contribution >= 0.6 is 11.6 Å². The number of hydrogen-bond donors (Lipinski definition) is 1. The highest BCUT2D eigenvalue weighted by Crippen LogP contribution is 2.37. The fraction of sp³-hybridized carbons (Fsp3) is 0.107. The molecule has 4 aromatic carbocycles. The fourth-order valence-electron chi connectivity index (χ4n) is 3.98. The monoisotopic (exact) mass is 454 g/mol. The van der Waals surface area contributed by atoms with Crippen molar-refractivity contribution in [1.29, 1.82) is 0 Å². The van der Waals surface area contributed by atoms with Gasteiger partial charge in [-0.3, -0.25) is 9.69 Å². The predicted molar refractivity (Wildman–Crippen MR) is 133 cm³/mol. The van der Waals surface area contributed by atoms with E-state index in [1.54, 1.807) is 4.90 Å². The lowest BCUT2D eigenvalue weighted by Crippen LogP contribution is -2.43. The summed E-state index contributed by atoms with van der Waals surface area (Å²) < 4.78 is 5.93. The number of para-hydroxylation sites is 1. The summed E-state index contributed by atoms with van der Waals surface area (Å²) in [5.41, 5.74) is 5.38. The maximum Gasteiger partial charge on any atom is 0.262 e. The van der Waals surface area contributed by atoms with Crippen LogP contribution in [-0.2, 0) is 6.61 Å². The van der Waals surface area contributed by atoms with Gasteiger partial charge >= 0.3 is 0 Å². The van der Waals surface area contributed by atoms with Crippen LogP contribution in [0, 0.1) is 6.92 Å². The van der Waals surface area contributed by atoms with Gasteiger partial charge in [0, 0.05) is 22.0 Å². The van der Waals surface area contributed by atoms with E-state index >= 15 is 0 Å². The van der Waals surface area contributed by atoms with E-state index in [-0.39, 0.29) is 12.1 Å². The number of nitrogens with zero attached hydrogens (tertiary/aromatic N) is 1. The third kappa shape index (κ3) is 4.30. The van der Waals surface area contributed by atoms with Crippen LogP contribution in [0.2, 0.25) is 5.02 Å². The van der Waals surface area contributed by atoms with E-state index in [2.05, 4.69) is 5.32 Å². The topological polar surface area (TPSA) is 41.6 Å². The number of fused-ring (bicyclic) bond motifs is 1. The van der Waals surface area contributed by atoms with E-state index in [9.17, 15) is 4.79 Å². The van der Waals surface area contributed by atoms with Crippen LogP contribution in [-0.4, -0.2) is 5.91 Å². The second kappa shape index (κ2) is 9.00. The van der Waals surface area contributed by atoms with Gasteiger partial charge in [0.1, 0.15) is 18.5 Å². The molecule has 0 radical (unpaired) electrons. The highest BCUT2D eigenvalue weighted by Gasteiger charge is 2.33. The molecule has 1 atom stereocenters. The minimum absolute atomic E-state index is 0.0303. The summed E-state index contributed by atoms with van der Waals surface area (Å²) in [6.45, 7) is 2.43. The van der Waals surface area contributed by atoms with Gasteiger partial charge in [-0.25, -0.2) is 0 Å². The average molecular weight is 455 g/mol. The zero-order chi connectivity index (χ0) is 22.8. The molecular formula is C28H23ClN2O2. The highest BCUT2D eigenvalue weighted by atomic mass is 35.5. The Morgan fingerprint density at radius 3 is 2.33 bits per heavy atom. The largest absolute Gasteiger partial charge is 0.489 e. The molecule has 0 bridgehead atoms. The molecule has 5 heteroatoms. The molecule has 1 aliphatic heterocycles. The molecule has 0 aromatic heterocycles. The van der Waals surface area contributed by atoms with Crippen LogP contribution in [0.5, 0.6) is 5.75 Å². The van der Waals surface area contributed by atoms with E-state index in [4.69, 9.17) is 16.3 Å². The Hall–Kier alpha value is -3.76. The van der Waals surface area contributed by atoms with Gasteiger partial charge in [0.2, 0.25) is 0 Å². The number of rotatable bonds is 5. The smallest absolute Gasteiger partial charge is 0.262 e. The molecule has 1 amide bonds. The van der Waals surface area contributed by atoms with Gasteiger partial charge in [0.15, 0.2) is 0 Å². The molecule has 1 aliphatic rings. The number of hydrogen-bond acceptors (Lipinski definition) is 3. The molecule has 4 aromatic rings. The summed E-state index contributed by atoms with van der Waals surface area (Å²) in [5, 5.41) is 4.22. The molecule has 33 heavy (non-hydrogen) atoms. The van der Waals surface area contributed by atoms with Crippen molar-refractivity contribution in [1.82, 2.24) is 0 Å². The lowest BCUT2D eigenvalue weighted by atomic mass is 10.0. The predicted octanol–water partition coefficient (Wildman–Crippen LogP) is 7.00. The highest BCUT2D eigenvalue weighted by molar-refractivity contribution is 6.31. The zero-order valence-electron chi connectivity index (χ0n) is 18.2. The SMILES string of the molecule is Cc1ccc(N2C(=O)c3ccccc3N[C@H]2c2ccc(OCc3ccccc3Cl)cc2)cc1. The second-order valence-corrected chi connectivity index (χ2v) is 8.46. The van der Waals surface area contributed by atoms with Crippen LogP contribution in [0.1, 0.15) is 33.2 Å². The zero-order valence-corrected chi connectivity index (χ0v) is 18.9. The van der Waals surface area contributed by atoms with Crippen molar-refractivity contribution in [2.45, 2.75) is 19.7 Å². The minimum atomic E-state index is -0.340. The number of aryl methyl sites for hydroxylation is 1. The molecule has 4 nitrogen and oxygen atoms in total. The maximum absolute atomic E-state index is 13.5. The van der Waals surface area contributed by atoms with Gasteiger partial charge in [-0.15, -0.1) is 0 Å². The molecule has 0 fully saturated rings. The Balaban J connectivity index is 1.43. The van der Waals surface area contributed by atoms with Crippen LogP contribution in [0.4, 0.5) is 11.4 Å². The Labute approximate surface area is 198 Å². The van der Waals surface area contributed by atoms with Crippen LogP contribution in [0.3, 0.4) is 0 Å². The van der Waals surface area contributed by atoms with Crippen molar-refractivity contribution in [3.05, 3.63) is 124 Å². The van der Waals surface area contributed by atoms with E-state index in [1.165, 1.54) is 0 Å². The first-order valence-corrected chi connectivity index (χ1v) is 11.2. The van der Waals surface area contributed by atoms with Crippen molar-refractivity contribution in [3.8, 4) is 5.75 Å². The van der Waals surface area contributed by atoms with Gasteiger partial charge in [-0.1, -0.05) is 71.8 Å². The summed E-state index contributed by atoms with van der Waals surface area (Å²) in [7, 11) is 0. The molecule has 0 spiro atoms. The third-order valence-corrected chi connectivity index (χ3v) is 6.16. The van der Waals surface area contributed by atoms with E-state index < -0.39 is 0 Å². The number of carbonyl (C=O) groups excluding carboxylic acids is 1. The van der Waals surface area contributed by atoms with E-state index in [0.29, 0.717) is 17.2 Å². The number of ether oxygens (including phenoxy) is 1. The Bertz CT molecular complexity index is 1290. The number of amides is 1. The Morgan fingerprint density at radius 2 is 1.58 bits per heavy atom. The van der Waals surface area contributed by atoms with Gasteiger partial charge in [0.25, 0.3) is 5.91 Å². The molecule has 1 heterocycles. The lowest BCUT2D eigenvalue weighted by Gasteiger charge is -2.38. The first-order chi connectivity index (χ1) is 16.1. The molecule has 0 saturated heterocycles. The second-order valence-electron chi connectivity index (χ2n) is 8.05. The number of nitrogens with one attached hydrogen (secondary N) is 1. The van der Waals surface area contributed by atoms with Crippen LogP contribution < -0.4 is 15.0 Å². The first kappa shape index (κ1) is 21.1. The quantitative estimate of drug-likeness (QED) is 0.353. The van der Waals surface area contributed by atoms with Gasteiger partial charge in [0.05, 0.1) is 5.56 Å². The van der Waals surface area contributed by atoms with Crippen molar-refractivity contribution < 1.29 is 9.53 Å². The minimum Gasteiger partial charge on any atom is -0.489 e. The summed E-state index contributed by atoms with van der Waals surface area (Å²) in [6.07, 6.45) is -0.340.